The molecule has 0 N–H and O–H groups in total. The van der Waals surface area contributed by atoms with E-state index in [9.17, 15) is 0 Å². The summed E-state index contributed by atoms with van der Waals surface area (Å²) in [4.78, 5) is 4.01. The molecule has 0 amide bonds. The molecule has 2 nitrogen and oxygen atoms in total. The highest BCUT2D eigenvalue weighted by atomic mass is 14.6. The van der Waals surface area contributed by atoms with Crippen molar-refractivity contribution in [2.45, 2.75) is 26.2 Å². The number of hydrogen-bond acceptors (Lipinski definition) is 2. The summed E-state index contributed by atoms with van der Waals surface area (Å²) in [5.41, 5.74) is 1.03. The van der Waals surface area contributed by atoms with Gasteiger partial charge < -0.3 is 0 Å². The first kappa shape index (κ1) is 9.73. The maximum absolute atomic E-state index is 8.95. The highest BCUT2D eigenvalue weighted by Crippen LogP contribution is 2.21. The van der Waals surface area contributed by atoms with Crippen LogP contribution in [-0.2, 0) is 0 Å². The van der Waals surface area contributed by atoms with Gasteiger partial charge in [-0.2, -0.15) is 5.26 Å². The summed E-state index contributed by atoms with van der Waals surface area (Å²) in [5, 5.41) is 8.95. The van der Waals surface area contributed by atoms with E-state index >= 15 is 0 Å². The lowest BCUT2D eigenvalue weighted by Gasteiger charge is -2.10. The molecule has 0 aliphatic rings. The SMILES string of the molecule is CC(C)CC(C#N)c1cccnc1. The van der Waals surface area contributed by atoms with E-state index in [1.54, 1.807) is 12.4 Å². The molecule has 0 saturated heterocycles. The summed E-state index contributed by atoms with van der Waals surface area (Å²) in [6.07, 6.45) is 4.41. The molecule has 0 aliphatic heterocycles. The van der Waals surface area contributed by atoms with Crippen LogP contribution in [0.5, 0.6) is 0 Å². The Balaban J connectivity index is 2.75. The number of pyridine rings is 1. The fraction of sp³-hybridized carbons (Fsp3) is 0.455. The fourth-order valence-electron chi connectivity index (χ4n) is 1.32. The number of hydrogen-bond donors (Lipinski definition) is 0. The summed E-state index contributed by atoms with van der Waals surface area (Å²) in [6, 6.07) is 6.15. The van der Waals surface area contributed by atoms with Crippen molar-refractivity contribution in [3.05, 3.63) is 30.1 Å². The van der Waals surface area contributed by atoms with Crippen molar-refractivity contribution in [1.29, 1.82) is 5.26 Å². The van der Waals surface area contributed by atoms with Crippen molar-refractivity contribution in [1.82, 2.24) is 4.98 Å². The minimum Gasteiger partial charge on any atom is -0.264 e. The van der Waals surface area contributed by atoms with E-state index in [2.05, 4.69) is 24.9 Å². The molecule has 1 unspecified atom stereocenters. The number of aromatic nitrogens is 1. The molecule has 0 fully saturated rings. The number of rotatable bonds is 3. The molecule has 0 radical (unpaired) electrons. The molecule has 1 aromatic heterocycles. The molecule has 1 heterocycles. The Morgan fingerprint density at radius 3 is 2.77 bits per heavy atom. The Morgan fingerprint density at radius 1 is 1.54 bits per heavy atom. The van der Waals surface area contributed by atoms with Crippen LogP contribution in [0.15, 0.2) is 24.5 Å². The topological polar surface area (TPSA) is 36.7 Å². The molecule has 1 aromatic rings. The maximum atomic E-state index is 8.95. The monoisotopic (exact) mass is 174 g/mol. The minimum atomic E-state index is -0.00583. The van der Waals surface area contributed by atoms with Gasteiger partial charge in [-0.3, -0.25) is 4.98 Å². The Bertz CT molecular complexity index is 285. The molecular formula is C11H14N2. The smallest absolute Gasteiger partial charge is 0.0730 e. The van der Waals surface area contributed by atoms with Gasteiger partial charge in [-0.15, -0.1) is 0 Å². The number of nitrogens with zero attached hydrogens (tertiary/aromatic N) is 2. The Labute approximate surface area is 79.2 Å². The second-order valence-corrected chi connectivity index (χ2v) is 3.60. The summed E-state index contributed by atoms with van der Waals surface area (Å²) in [7, 11) is 0. The second-order valence-electron chi connectivity index (χ2n) is 3.60. The molecule has 0 aromatic carbocycles. The van der Waals surface area contributed by atoms with E-state index in [0.29, 0.717) is 5.92 Å². The van der Waals surface area contributed by atoms with Gasteiger partial charge in [0.25, 0.3) is 0 Å². The zero-order chi connectivity index (χ0) is 9.68. The third kappa shape index (κ3) is 2.87. The molecule has 0 aliphatic carbocycles. The first-order valence-corrected chi connectivity index (χ1v) is 4.53. The van der Waals surface area contributed by atoms with E-state index in [4.69, 9.17) is 5.26 Å². The lowest BCUT2D eigenvalue weighted by Crippen LogP contribution is -2.00. The van der Waals surface area contributed by atoms with Crippen LogP contribution in [0.1, 0.15) is 31.7 Å². The first-order chi connectivity index (χ1) is 6.24. The Morgan fingerprint density at radius 2 is 2.31 bits per heavy atom. The summed E-state index contributed by atoms with van der Waals surface area (Å²) in [5.74, 6) is 0.540. The van der Waals surface area contributed by atoms with Crippen LogP contribution >= 0.6 is 0 Å². The molecule has 1 atom stereocenters. The van der Waals surface area contributed by atoms with E-state index in [1.165, 1.54) is 0 Å². The van der Waals surface area contributed by atoms with Crippen molar-refractivity contribution in [2.24, 2.45) is 5.92 Å². The van der Waals surface area contributed by atoms with Crippen molar-refractivity contribution >= 4 is 0 Å². The molecule has 0 saturated carbocycles. The van der Waals surface area contributed by atoms with Gasteiger partial charge in [0.05, 0.1) is 12.0 Å². The van der Waals surface area contributed by atoms with Gasteiger partial charge >= 0.3 is 0 Å². The molecule has 0 spiro atoms. The van der Waals surface area contributed by atoms with Crippen molar-refractivity contribution in [2.75, 3.05) is 0 Å². The summed E-state index contributed by atoms with van der Waals surface area (Å²) in [6.45, 7) is 4.25. The van der Waals surface area contributed by atoms with E-state index < -0.39 is 0 Å². The average molecular weight is 174 g/mol. The molecule has 1 rings (SSSR count). The normalized spacial score (nSPS) is 12.5. The van der Waals surface area contributed by atoms with Gasteiger partial charge in [0, 0.05) is 12.4 Å². The van der Waals surface area contributed by atoms with Crippen LogP contribution in [-0.4, -0.2) is 4.98 Å². The van der Waals surface area contributed by atoms with Gasteiger partial charge in [-0.05, 0) is 24.0 Å². The van der Waals surface area contributed by atoms with Gasteiger partial charge in [-0.1, -0.05) is 19.9 Å². The van der Waals surface area contributed by atoms with Crippen LogP contribution in [0.4, 0.5) is 0 Å². The minimum absolute atomic E-state index is 0.00583. The Hall–Kier alpha value is -1.36. The summed E-state index contributed by atoms with van der Waals surface area (Å²) >= 11 is 0. The van der Waals surface area contributed by atoms with Crippen LogP contribution in [0.3, 0.4) is 0 Å². The maximum Gasteiger partial charge on any atom is 0.0730 e. The van der Waals surface area contributed by atoms with Crippen molar-refractivity contribution < 1.29 is 0 Å². The van der Waals surface area contributed by atoms with Gasteiger partial charge in [0.15, 0.2) is 0 Å². The molecule has 13 heavy (non-hydrogen) atoms. The highest BCUT2D eigenvalue weighted by Gasteiger charge is 2.11. The van der Waals surface area contributed by atoms with Crippen LogP contribution in [0.25, 0.3) is 0 Å². The predicted molar refractivity (Wildman–Crippen MR) is 52.0 cm³/mol. The molecule has 68 valence electrons. The number of nitriles is 1. The quantitative estimate of drug-likeness (QED) is 0.706. The van der Waals surface area contributed by atoms with Gasteiger partial charge in [0.2, 0.25) is 0 Å². The van der Waals surface area contributed by atoms with Gasteiger partial charge in [-0.25, -0.2) is 0 Å². The van der Waals surface area contributed by atoms with Crippen LogP contribution in [0.2, 0.25) is 0 Å². The van der Waals surface area contributed by atoms with E-state index in [0.717, 1.165) is 12.0 Å². The molecule has 2 heteroatoms. The van der Waals surface area contributed by atoms with E-state index in [-0.39, 0.29) is 5.92 Å². The fourth-order valence-corrected chi connectivity index (χ4v) is 1.32. The standard InChI is InChI=1S/C11H14N2/c1-9(2)6-11(7-12)10-4-3-5-13-8-10/h3-5,8-9,11H,6H2,1-2H3. The largest absolute Gasteiger partial charge is 0.264 e. The Kier molecular flexibility index (Phi) is 3.45. The average Bonchev–Trinajstić information content (AvgIpc) is 2.15. The molecular weight excluding hydrogens is 160 g/mol. The van der Waals surface area contributed by atoms with Crippen molar-refractivity contribution in [3.63, 3.8) is 0 Å². The van der Waals surface area contributed by atoms with E-state index in [1.807, 2.05) is 12.1 Å². The zero-order valence-corrected chi connectivity index (χ0v) is 8.07. The third-order valence-corrected chi connectivity index (χ3v) is 1.95. The lowest BCUT2D eigenvalue weighted by atomic mass is 9.93. The van der Waals surface area contributed by atoms with Crippen molar-refractivity contribution in [3.8, 4) is 6.07 Å². The molecule has 0 bridgehead atoms. The van der Waals surface area contributed by atoms with Crippen LogP contribution in [0, 0.1) is 17.2 Å². The lowest BCUT2D eigenvalue weighted by molar-refractivity contribution is 0.554. The zero-order valence-electron chi connectivity index (χ0n) is 8.07. The van der Waals surface area contributed by atoms with Gasteiger partial charge in [0.1, 0.15) is 0 Å². The predicted octanol–water partition coefficient (Wildman–Crippen LogP) is 2.73. The first-order valence-electron chi connectivity index (χ1n) is 4.53. The summed E-state index contributed by atoms with van der Waals surface area (Å²) < 4.78 is 0. The second kappa shape index (κ2) is 4.61. The van der Waals surface area contributed by atoms with Crippen LogP contribution < -0.4 is 0 Å². The third-order valence-electron chi connectivity index (χ3n) is 1.95. The highest BCUT2D eigenvalue weighted by molar-refractivity contribution is 5.20.